The van der Waals surface area contributed by atoms with E-state index in [1.165, 1.54) is 30.6 Å². The van der Waals surface area contributed by atoms with Crippen molar-refractivity contribution in [1.82, 2.24) is 4.31 Å². The number of carboxylic acid groups (broad SMARTS) is 1. The number of ether oxygens (including phenoxy) is 1. The van der Waals surface area contributed by atoms with Gasteiger partial charge in [0.05, 0.1) is 13.0 Å². The number of hydrogen-bond acceptors (Lipinski definition) is 5. The molecule has 8 heteroatoms. The smallest absolute Gasteiger partial charge is 0.308 e. The van der Waals surface area contributed by atoms with Crippen LogP contribution >= 0.6 is 11.3 Å². The molecule has 0 aliphatic heterocycles. The number of nitrogens with zero attached hydrogens (tertiary/aromatic N) is 1. The third kappa shape index (κ3) is 3.77. The van der Waals surface area contributed by atoms with Crippen LogP contribution in [0.25, 0.3) is 0 Å². The Hall–Kier alpha value is -0.960. The lowest BCUT2D eigenvalue weighted by molar-refractivity contribution is -0.136. The van der Waals surface area contributed by atoms with Crippen LogP contribution in [0, 0.1) is 0 Å². The largest absolute Gasteiger partial charge is 0.481 e. The molecule has 0 radical (unpaired) electrons. The second-order valence-electron chi connectivity index (χ2n) is 3.61. The van der Waals surface area contributed by atoms with Gasteiger partial charge in [0, 0.05) is 25.6 Å². The minimum Gasteiger partial charge on any atom is -0.481 e. The Bertz CT molecular complexity index is 508. The normalized spacial score (nSPS) is 11.9. The van der Waals surface area contributed by atoms with E-state index >= 15 is 0 Å². The van der Waals surface area contributed by atoms with E-state index in [2.05, 4.69) is 0 Å². The molecule has 0 unspecified atom stereocenters. The molecule has 1 rings (SSSR count). The molecule has 0 aromatic carbocycles. The van der Waals surface area contributed by atoms with Gasteiger partial charge >= 0.3 is 5.97 Å². The quantitative estimate of drug-likeness (QED) is 0.797. The van der Waals surface area contributed by atoms with E-state index in [4.69, 9.17) is 9.84 Å². The van der Waals surface area contributed by atoms with Gasteiger partial charge in [-0.05, 0) is 12.1 Å². The van der Waals surface area contributed by atoms with Crippen LogP contribution in [0.1, 0.15) is 4.88 Å². The molecule has 0 amide bonds. The summed E-state index contributed by atoms with van der Waals surface area (Å²) in [6.45, 7) is 0.564. The van der Waals surface area contributed by atoms with Gasteiger partial charge < -0.3 is 9.84 Å². The van der Waals surface area contributed by atoms with Gasteiger partial charge in [0.2, 0.25) is 0 Å². The summed E-state index contributed by atoms with van der Waals surface area (Å²) in [5.41, 5.74) is 0. The van der Waals surface area contributed by atoms with Crippen molar-refractivity contribution in [2.45, 2.75) is 10.6 Å². The predicted molar refractivity (Wildman–Crippen MR) is 67.4 cm³/mol. The van der Waals surface area contributed by atoms with Crippen molar-refractivity contribution in [3.8, 4) is 0 Å². The number of carboxylic acids is 1. The van der Waals surface area contributed by atoms with Crippen LogP contribution in [0.3, 0.4) is 0 Å². The third-order valence-electron chi connectivity index (χ3n) is 2.24. The molecule has 0 bridgehead atoms. The topological polar surface area (TPSA) is 83.9 Å². The third-order valence-corrected chi connectivity index (χ3v) is 5.65. The summed E-state index contributed by atoms with van der Waals surface area (Å²) in [7, 11) is -0.587. The fourth-order valence-electron chi connectivity index (χ4n) is 1.23. The van der Waals surface area contributed by atoms with Gasteiger partial charge in [-0.1, -0.05) is 0 Å². The average molecular weight is 293 g/mol. The molecule has 1 aromatic heterocycles. The molecule has 0 aliphatic carbocycles. The lowest BCUT2D eigenvalue weighted by Gasteiger charge is -2.14. The second-order valence-corrected chi connectivity index (χ2v) is 7.05. The molecule has 0 saturated heterocycles. The molecule has 1 heterocycles. The first-order chi connectivity index (χ1) is 8.37. The average Bonchev–Trinajstić information content (AvgIpc) is 2.73. The van der Waals surface area contributed by atoms with Crippen LogP contribution in [-0.2, 0) is 26.0 Å². The summed E-state index contributed by atoms with van der Waals surface area (Å²) in [5.74, 6) is -0.978. The van der Waals surface area contributed by atoms with Crippen molar-refractivity contribution in [2.24, 2.45) is 0 Å². The number of carbonyl (C=O) groups is 1. The highest BCUT2D eigenvalue weighted by atomic mass is 32.2. The van der Waals surface area contributed by atoms with Gasteiger partial charge in [0.25, 0.3) is 10.0 Å². The monoisotopic (exact) mass is 293 g/mol. The van der Waals surface area contributed by atoms with Gasteiger partial charge in [-0.3, -0.25) is 4.79 Å². The van der Waals surface area contributed by atoms with Crippen molar-refractivity contribution in [3.05, 3.63) is 17.0 Å². The Morgan fingerprint density at radius 2 is 2.17 bits per heavy atom. The van der Waals surface area contributed by atoms with E-state index in [1.54, 1.807) is 0 Å². The molecule has 1 N–H and O–H groups in total. The molecule has 0 spiro atoms. The van der Waals surface area contributed by atoms with Gasteiger partial charge in [-0.2, -0.15) is 4.31 Å². The highest BCUT2D eigenvalue weighted by Crippen LogP contribution is 2.24. The van der Waals surface area contributed by atoms with Crippen LogP contribution in [0.5, 0.6) is 0 Å². The Kier molecular flexibility index (Phi) is 5.27. The summed E-state index contributed by atoms with van der Waals surface area (Å²) in [4.78, 5) is 11.0. The number of sulfonamides is 1. The predicted octanol–water partition coefficient (Wildman–Crippen LogP) is 0.642. The van der Waals surface area contributed by atoms with E-state index < -0.39 is 16.0 Å². The van der Waals surface area contributed by atoms with Crippen LogP contribution in [0.2, 0.25) is 0 Å². The van der Waals surface area contributed by atoms with Crippen LogP contribution in [0.15, 0.2) is 16.3 Å². The summed E-state index contributed by atoms with van der Waals surface area (Å²) in [5, 5.41) is 8.63. The summed E-state index contributed by atoms with van der Waals surface area (Å²) >= 11 is 0.979. The Morgan fingerprint density at radius 3 is 2.72 bits per heavy atom. The molecular weight excluding hydrogens is 278 g/mol. The Labute approximate surface area is 110 Å². The molecule has 18 heavy (non-hydrogen) atoms. The van der Waals surface area contributed by atoms with Crippen molar-refractivity contribution < 1.29 is 23.1 Å². The van der Waals surface area contributed by atoms with E-state index in [1.807, 2.05) is 0 Å². The first-order valence-corrected chi connectivity index (χ1v) is 7.39. The Balaban J connectivity index is 2.84. The minimum atomic E-state index is -3.55. The molecule has 102 valence electrons. The number of thiophene rings is 1. The maximum atomic E-state index is 12.1. The lowest BCUT2D eigenvalue weighted by Crippen LogP contribution is -2.29. The number of methoxy groups -OCH3 is 1. The fraction of sp³-hybridized carbons (Fsp3) is 0.500. The first-order valence-electron chi connectivity index (χ1n) is 5.13. The van der Waals surface area contributed by atoms with Gasteiger partial charge in [0.15, 0.2) is 0 Å². The highest BCUT2D eigenvalue weighted by molar-refractivity contribution is 7.91. The summed E-state index contributed by atoms with van der Waals surface area (Å²) in [6.07, 6.45) is -0.165. The van der Waals surface area contributed by atoms with Crippen molar-refractivity contribution in [3.63, 3.8) is 0 Å². The Morgan fingerprint density at radius 1 is 1.50 bits per heavy atom. The number of hydrogen-bond donors (Lipinski definition) is 1. The molecule has 0 saturated carbocycles. The molecular formula is C10H15NO5S2. The maximum absolute atomic E-state index is 12.1. The molecule has 6 nitrogen and oxygen atoms in total. The maximum Gasteiger partial charge on any atom is 0.308 e. The number of aliphatic carboxylic acids is 1. The van der Waals surface area contributed by atoms with E-state index in [0.29, 0.717) is 11.5 Å². The van der Waals surface area contributed by atoms with E-state index in [0.717, 1.165) is 11.3 Å². The van der Waals surface area contributed by atoms with Crippen molar-refractivity contribution in [2.75, 3.05) is 27.3 Å². The van der Waals surface area contributed by atoms with Crippen LogP contribution < -0.4 is 0 Å². The number of rotatable bonds is 7. The molecule has 0 aliphatic rings. The van der Waals surface area contributed by atoms with Crippen molar-refractivity contribution >= 4 is 27.3 Å². The molecule has 0 atom stereocenters. The van der Waals surface area contributed by atoms with Gasteiger partial charge in [-0.25, -0.2) is 8.42 Å². The fourth-order valence-corrected chi connectivity index (χ4v) is 3.95. The zero-order valence-electron chi connectivity index (χ0n) is 10.1. The van der Waals surface area contributed by atoms with Gasteiger partial charge in [0.1, 0.15) is 4.21 Å². The zero-order valence-corrected chi connectivity index (χ0v) is 11.8. The van der Waals surface area contributed by atoms with Crippen LogP contribution in [-0.4, -0.2) is 51.1 Å². The van der Waals surface area contributed by atoms with Crippen molar-refractivity contribution in [1.29, 1.82) is 0 Å². The molecule has 1 aromatic rings. The summed E-state index contributed by atoms with van der Waals surface area (Å²) < 4.78 is 30.3. The first kappa shape index (κ1) is 15.1. The van der Waals surface area contributed by atoms with E-state index in [-0.39, 0.29) is 17.2 Å². The minimum absolute atomic E-state index is 0.150. The molecule has 0 fully saturated rings. The second kappa shape index (κ2) is 6.28. The van der Waals surface area contributed by atoms with Crippen LogP contribution in [0.4, 0.5) is 0 Å². The summed E-state index contributed by atoms with van der Waals surface area (Å²) in [6, 6.07) is 2.96. The number of likely N-dealkylation sites (N-methyl/N-ethyl adjacent to an activating group) is 1. The zero-order chi connectivity index (χ0) is 13.8. The SMILES string of the molecule is COCCN(C)S(=O)(=O)c1ccc(CC(=O)O)s1. The van der Waals surface area contributed by atoms with E-state index in [9.17, 15) is 13.2 Å². The van der Waals surface area contributed by atoms with Gasteiger partial charge in [-0.15, -0.1) is 11.3 Å². The lowest BCUT2D eigenvalue weighted by atomic mass is 10.3. The highest BCUT2D eigenvalue weighted by Gasteiger charge is 2.22. The standard InChI is InChI=1S/C10H15NO5S2/c1-11(5-6-16-2)18(14,15)10-4-3-8(17-10)7-9(12)13/h3-4H,5-7H2,1-2H3,(H,12,13).